The molecule has 0 radical (unpaired) electrons. The van der Waals surface area contributed by atoms with Crippen LogP contribution < -0.4 is 11.5 Å². The Morgan fingerprint density at radius 1 is 1.43 bits per heavy atom. The summed E-state index contributed by atoms with van der Waals surface area (Å²) in [5, 5.41) is 10.3. The van der Waals surface area contributed by atoms with Crippen LogP contribution in [0, 0.1) is 0 Å². The highest BCUT2D eigenvalue weighted by Crippen LogP contribution is 2.32. The molecule has 5 N–H and O–H groups in total. The Balaban J connectivity index is 1.98. The molecule has 1 aliphatic heterocycles. The molecule has 2 aromatic heterocycles. The van der Waals surface area contributed by atoms with Gasteiger partial charge in [-0.15, -0.1) is 0 Å². The van der Waals surface area contributed by atoms with Gasteiger partial charge in [0.05, 0.1) is 18.5 Å². The third-order valence-corrected chi connectivity index (χ3v) is 3.86. The van der Waals surface area contributed by atoms with Gasteiger partial charge in [0.1, 0.15) is 24.1 Å². The minimum absolute atomic E-state index is 0.242. The number of methoxy groups -OCH3 is 1. The number of aliphatic hydroxyl groups excluding tert-OH is 1. The number of nitrogens with zero attached hydrogens (tertiary/aromatic N) is 4. The number of nitrogen functional groups attached to an aromatic ring is 1. The maximum Gasteiger partial charge on any atom is 0.167 e. The molecule has 1 aliphatic rings. The molecule has 5 atom stereocenters. The number of anilines is 1. The first-order valence-electron chi connectivity index (χ1n) is 6.59. The van der Waals surface area contributed by atoms with Crippen LogP contribution in [-0.2, 0) is 9.47 Å². The molecule has 1 unspecified atom stereocenters. The molecule has 3 rings (SSSR count). The minimum atomic E-state index is -0.902. The van der Waals surface area contributed by atoms with Crippen molar-refractivity contribution in [1.29, 1.82) is 0 Å². The zero-order chi connectivity index (χ0) is 15.1. The average molecular weight is 294 g/mol. The summed E-state index contributed by atoms with van der Waals surface area (Å²) in [6, 6.07) is -0.568. The highest BCUT2D eigenvalue weighted by atomic mass is 16.6. The molecular formula is C12H18N6O3. The average Bonchev–Trinajstić information content (AvgIpc) is 3.02. The number of hydrogen-bond donors (Lipinski definition) is 3. The van der Waals surface area contributed by atoms with E-state index < -0.39 is 24.5 Å². The fraction of sp³-hybridized carbons (Fsp3) is 0.583. The van der Waals surface area contributed by atoms with Crippen LogP contribution in [-0.4, -0.2) is 56.1 Å². The van der Waals surface area contributed by atoms with Crippen molar-refractivity contribution < 1.29 is 14.6 Å². The van der Waals surface area contributed by atoms with E-state index >= 15 is 0 Å². The molecule has 1 fully saturated rings. The van der Waals surface area contributed by atoms with E-state index in [0.29, 0.717) is 11.2 Å². The molecule has 0 amide bonds. The van der Waals surface area contributed by atoms with Crippen LogP contribution in [0.2, 0.25) is 0 Å². The van der Waals surface area contributed by atoms with E-state index in [1.807, 2.05) is 6.92 Å². The highest BCUT2D eigenvalue weighted by molar-refractivity contribution is 5.81. The lowest BCUT2D eigenvalue weighted by atomic mass is 10.0. The standard InChI is InChI=1S/C12H18N6O3/c1-5(20-2)9-6(13)8(19)12(21-9)18-4-17-7-10(14)15-3-16-11(7)18/h3-6,8-9,12,19H,13H2,1-2H3,(H2,14,15,16)/t5?,6-,8+,9+,12+/m0/s1. The van der Waals surface area contributed by atoms with Gasteiger partial charge in [0.25, 0.3) is 0 Å². The Morgan fingerprint density at radius 3 is 2.90 bits per heavy atom. The van der Waals surface area contributed by atoms with Gasteiger partial charge in [0.15, 0.2) is 17.7 Å². The van der Waals surface area contributed by atoms with E-state index in [4.69, 9.17) is 20.9 Å². The van der Waals surface area contributed by atoms with Crippen LogP contribution in [0.5, 0.6) is 0 Å². The fourth-order valence-electron chi connectivity index (χ4n) is 2.56. The summed E-state index contributed by atoms with van der Waals surface area (Å²) in [6.07, 6.45) is 0.589. The lowest BCUT2D eigenvalue weighted by molar-refractivity contribution is -0.0801. The number of imidazole rings is 1. The zero-order valence-electron chi connectivity index (χ0n) is 11.7. The Kier molecular flexibility index (Phi) is 3.49. The second-order valence-corrected chi connectivity index (χ2v) is 5.08. The summed E-state index contributed by atoms with van der Waals surface area (Å²) in [5.74, 6) is 0.275. The van der Waals surface area contributed by atoms with Crippen molar-refractivity contribution >= 4 is 17.0 Å². The molecule has 2 aromatic rings. The summed E-state index contributed by atoms with van der Waals surface area (Å²) < 4.78 is 12.7. The molecule has 0 aromatic carbocycles. The van der Waals surface area contributed by atoms with Crippen molar-refractivity contribution in [3.8, 4) is 0 Å². The Hall–Kier alpha value is -1.81. The van der Waals surface area contributed by atoms with Crippen molar-refractivity contribution in [3.05, 3.63) is 12.7 Å². The number of aromatic nitrogens is 4. The van der Waals surface area contributed by atoms with Gasteiger partial charge in [-0.3, -0.25) is 4.57 Å². The van der Waals surface area contributed by atoms with E-state index in [2.05, 4.69) is 15.0 Å². The van der Waals surface area contributed by atoms with Crippen molar-refractivity contribution in [2.45, 2.75) is 37.5 Å². The van der Waals surface area contributed by atoms with Crippen molar-refractivity contribution in [2.75, 3.05) is 12.8 Å². The van der Waals surface area contributed by atoms with E-state index in [1.54, 1.807) is 11.7 Å². The largest absolute Gasteiger partial charge is 0.387 e. The van der Waals surface area contributed by atoms with Gasteiger partial charge in [0.2, 0.25) is 0 Å². The predicted octanol–water partition coefficient (Wildman–Crippen LogP) is -0.971. The van der Waals surface area contributed by atoms with Crippen LogP contribution in [0.4, 0.5) is 5.82 Å². The molecule has 1 saturated heterocycles. The third kappa shape index (κ3) is 2.14. The molecule has 0 spiro atoms. The Bertz CT molecular complexity index is 647. The molecule has 0 bridgehead atoms. The number of ether oxygens (including phenoxy) is 2. The normalized spacial score (nSPS) is 30.9. The predicted molar refractivity (Wildman–Crippen MR) is 74.1 cm³/mol. The molecule has 21 heavy (non-hydrogen) atoms. The number of fused-ring (bicyclic) bond motifs is 1. The summed E-state index contributed by atoms with van der Waals surface area (Å²) in [4.78, 5) is 12.2. The number of rotatable bonds is 3. The maximum absolute atomic E-state index is 10.3. The van der Waals surface area contributed by atoms with Crippen LogP contribution in [0.1, 0.15) is 13.2 Å². The first kappa shape index (κ1) is 14.1. The first-order valence-corrected chi connectivity index (χ1v) is 6.59. The lowest BCUT2D eigenvalue weighted by Crippen LogP contribution is -2.44. The molecule has 114 valence electrons. The SMILES string of the molecule is COC(C)[C@H]1O[C@@H](n2cnc3c(N)ncnc32)[C@H](O)[C@@H]1N. The van der Waals surface area contributed by atoms with Crippen molar-refractivity contribution in [1.82, 2.24) is 19.5 Å². The first-order chi connectivity index (χ1) is 10.0. The zero-order valence-corrected chi connectivity index (χ0v) is 11.7. The van der Waals surface area contributed by atoms with Crippen LogP contribution in [0.3, 0.4) is 0 Å². The minimum Gasteiger partial charge on any atom is -0.387 e. The monoisotopic (exact) mass is 294 g/mol. The quantitative estimate of drug-likeness (QED) is 0.658. The number of hydrogen-bond acceptors (Lipinski definition) is 8. The van der Waals surface area contributed by atoms with E-state index in [9.17, 15) is 5.11 Å². The Labute approximate surface area is 120 Å². The summed E-state index contributed by atoms with van der Waals surface area (Å²) in [5.41, 5.74) is 12.7. The van der Waals surface area contributed by atoms with E-state index in [0.717, 1.165) is 0 Å². The fourth-order valence-corrected chi connectivity index (χ4v) is 2.56. The van der Waals surface area contributed by atoms with E-state index in [1.165, 1.54) is 12.7 Å². The highest BCUT2D eigenvalue weighted by Gasteiger charge is 2.45. The lowest BCUT2D eigenvalue weighted by Gasteiger charge is -2.21. The van der Waals surface area contributed by atoms with Gasteiger partial charge in [-0.2, -0.15) is 0 Å². The van der Waals surface area contributed by atoms with Crippen molar-refractivity contribution in [3.63, 3.8) is 0 Å². The van der Waals surface area contributed by atoms with Crippen molar-refractivity contribution in [2.24, 2.45) is 5.73 Å². The second kappa shape index (κ2) is 5.19. The van der Waals surface area contributed by atoms with Gasteiger partial charge in [0, 0.05) is 7.11 Å². The molecule has 9 heteroatoms. The van der Waals surface area contributed by atoms with E-state index in [-0.39, 0.29) is 11.9 Å². The number of nitrogens with two attached hydrogens (primary N) is 2. The molecular weight excluding hydrogens is 276 g/mol. The van der Waals surface area contributed by atoms with Gasteiger partial charge in [-0.05, 0) is 6.92 Å². The summed E-state index contributed by atoms with van der Waals surface area (Å²) in [7, 11) is 1.57. The second-order valence-electron chi connectivity index (χ2n) is 5.08. The van der Waals surface area contributed by atoms with Gasteiger partial charge in [-0.1, -0.05) is 0 Å². The molecule has 0 saturated carbocycles. The molecule has 3 heterocycles. The van der Waals surface area contributed by atoms with Crippen LogP contribution in [0.25, 0.3) is 11.2 Å². The summed E-state index contributed by atoms with van der Waals surface area (Å²) >= 11 is 0. The van der Waals surface area contributed by atoms with Crippen LogP contribution in [0.15, 0.2) is 12.7 Å². The summed E-state index contributed by atoms with van der Waals surface area (Å²) in [6.45, 7) is 1.84. The van der Waals surface area contributed by atoms with Gasteiger partial charge >= 0.3 is 0 Å². The smallest absolute Gasteiger partial charge is 0.167 e. The van der Waals surface area contributed by atoms with Gasteiger partial charge in [-0.25, -0.2) is 15.0 Å². The number of aliphatic hydroxyl groups is 1. The topological polar surface area (TPSA) is 134 Å². The maximum atomic E-state index is 10.3. The van der Waals surface area contributed by atoms with Crippen LogP contribution >= 0.6 is 0 Å². The Morgan fingerprint density at radius 2 is 2.19 bits per heavy atom. The molecule has 9 nitrogen and oxygen atoms in total. The van der Waals surface area contributed by atoms with Gasteiger partial charge < -0.3 is 26.0 Å². The molecule has 0 aliphatic carbocycles. The third-order valence-electron chi connectivity index (χ3n) is 3.86.